The number of nitro benzene ring substituents is 1. The summed E-state index contributed by atoms with van der Waals surface area (Å²) in [5, 5.41) is 10.7. The van der Waals surface area contributed by atoms with Gasteiger partial charge in [-0.2, -0.15) is 0 Å². The summed E-state index contributed by atoms with van der Waals surface area (Å²) < 4.78 is 0.935. The van der Waals surface area contributed by atoms with Crippen LogP contribution >= 0.6 is 27.7 Å². The molecular formula is C13H11BrN2O2S. The number of hydrogen-bond acceptors (Lipinski definition) is 4. The number of nitrogens with two attached hydrogens (primary N) is 1. The van der Waals surface area contributed by atoms with Gasteiger partial charge in [-0.1, -0.05) is 28.1 Å². The van der Waals surface area contributed by atoms with E-state index in [4.69, 9.17) is 5.73 Å². The van der Waals surface area contributed by atoms with Crippen LogP contribution in [0, 0.1) is 10.1 Å². The third-order valence-electron chi connectivity index (χ3n) is 2.49. The van der Waals surface area contributed by atoms with Crippen molar-refractivity contribution in [1.29, 1.82) is 0 Å². The van der Waals surface area contributed by atoms with Gasteiger partial charge in [-0.3, -0.25) is 10.1 Å². The second-order valence-corrected chi connectivity index (χ2v) is 5.83. The quantitative estimate of drug-likeness (QED) is 0.392. The van der Waals surface area contributed by atoms with Crippen LogP contribution in [0.25, 0.3) is 0 Å². The van der Waals surface area contributed by atoms with Crippen LogP contribution in [0.5, 0.6) is 0 Å². The lowest BCUT2D eigenvalue weighted by Gasteiger charge is -2.06. The summed E-state index contributed by atoms with van der Waals surface area (Å²) in [6, 6.07) is 12.3. The van der Waals surface area contributed by atoms with E-state index in [2.05, 4.69) is 15.9 Å². The number of nitrogen functional groups attached to an aromatic ring is 1. The molecule has 19 heavy (non-hydrogen) atoms. The van der Waals surface area contributed by atoms with Crippen LogP contribution in [-0.2, 0) is 5.75 Å². The summed E-state index contributed by atoms with van der Waals surface area (Å²) in [6.07, 6.45) is 0. The number of non-ortho nitro benzene ring substituents is 1. The van der Waals surface area contributed by atoms with Gasteiger partial charge in [0.2, 0.25) is 0 Å². The predicted octanol–water partition coefficient (Wildman–Crippen LogP) is 4.23. The molecule has 6 heteroatoms. The van der Waals surface area contributed by atoms with Crippen LogP contribution in [-0.4, -0.2) is 4.92 Å². The molecule has 0 fully saturated rings. The molecule has 4 nitrogen and oxygen atoms in total. The van der Waals surface area contributed by atoms with Crippen LogP contribution in [0.1, 0.15) is 5.56 Å². The van der Waals surface area contributed by atoms with E-state index in [1.807, 2.05) is 24.3 Å². The summed E-state index contributed by atoms with van der Waals surface area (Å²) in [5.74, 6) is 0.646. The first-order valence-electron chi connectivity index (χ1n) is 5.47. The molecule has 2 N–H and O–H groups in total. The van der Waals surface area contributed by atoms with Crippen molar-refractivity contribution in [3.8, 4) is 0 Å². The Balaban J connectivity index is 2.10. The summed E-state index contributed by atoms with van der Waals surface area (Å²) in [4.78, 5) is 11.3. The van der Waals surface area contributed by atoms with Gasteiger partial charge >= 0.3 is 0 Å². The van der Waals surface area contributed by atoms with E-state index in [-0.39, 0.29) is 10.6 Å². The van der Waals surface area contributed by atoms with Gasteiger partial charge in [0.1, 0.15) is 0 Å². The zero-order valence-corrected chi connectivity index (χ0v) is 12.3. The SMILES string of the molecule is Nc1cc(Br)ccc1SCc1cccc([N+](=O)[O-])c1. The number of anilines is 1. The minimum absolute atomic E-state index is 0.113. The van der Waals surface area contributed by atoms with Crippen molar-refractivity contribution in [2.24, 2.45) is 0 Å². The largest absolute Gasteiger partial charge is 0.398 e. The van der Waals surface area contributed by atoms with Crippen molar-refractivity contribution in [1.82, 2.24) is 0 Å². The molecule has 0 unspecified atom stereocenters. The minimum atomic E-state index is -0.387. The first-order valence-corrected chi connectivity index (χ1v) is 7.25. The van der Waals surface area contributed by atoms with Gasteiger partial charge in [-0.05, 0) is 23.8 Å². The van der Waals surface area contributed by atoms with Crippen LogP contribution in [0.15, 0.2) is 51.8 Å². The van der Waals surface area contributed by atoms with Gasteiger partial charge in [0.25, 0.3) is 5.69 Å². The number of halogens is 1. The average molecular weight is 339 g/mol. The number of nitro groups is 1. The van der Waals surface area contributed by atoms with E-state index in [9.17, 15) is 10.1 Å². The molecule has 0 bridgehead atoms. The maximum atomic E-state index is 10.7. The van der Waals surface area contributed by atoms with E-state index in [0.717, 1.165) is 14.9 Å². The van der Waals surface area contributed by atoms with Crippen molar-refractivity contribution in [2.45, 2.75) is 10.6 Å². The summed E-state index contributed by atoms with van der Waals surface area (Å²) >= 11 is 4.91. The van der Waals surface area contributed by atoms with E-state index in [1.54, 1.807) is 23.9 Å². The molecule has 2 rings (SSSR count). The van der Waals surface area contributed by atoms with E-state index in [0.29, 0.717) is 11.4 Å². The fourth-order valence-electron chi connectivity index (χ4n) is 1.57. The lowest BCUT2D eigenvalue weighted by Crippen LogP contribution is -1.91. The molecule has 0 aromatic heterocycles. The third kappa shape index (κ3) is 3.71. The number of rotatable bonds is 4. The van der Waals surface area contributed by atoms with Crippen LogP contribution in [0.4, 0.5) is 11.4 Å². The Morgan fingerprint density at radius 1 is 1.26 bits per heavy atom. The zero-order valence-electron chi connectivity index (χ0n) is 9.88. The highest BCUT2D eigenvalue weighted by Gasteiger charge is 2.07. The summed E-state index contributed by atoms with van der Waals surface area (Å²) in [7, 11) is 0. The van der Waals surface area contributed by atoms with Crippen LogP contribution < -0.4 is 5.73 Å². The van der Waals surface area contributed by atoms with Crippen molar-refractivity contribution >= 4 is 39.1 Å². The molecule has 0 aliphatic heterocycles. The van der Waals surface area contributed by atoms with Crippen LogP contribution in [0.2, 0.25) is 0 Å². The molecule has 0 aliphatic rings. The fraction of sp³-hybridized carbons (Fsp3) is 0.0769. The molecule has 0 atom stereocenters. The maximum absolute atomic E-state index is 10.7. The molecule has 0 spiro atoms. The van der Waals surface area contributed by atoms with Crippen molar-refractivity contribution in [2.75, 3.05) is 5.73 Å². The van der Waals surface area contributed by atoms with Gasteiger partial charge < -0.3 is 5.73 Å². The minimum Gasteiger partial charge on any atom is -0.398 e. The monoisotopic (exact) mass is 338 g/mol. The molecule has 0 heterocycles. The fourth-order valence-corrected chi connectivity index (χ4v) is 2.84. The Morgan fingerprint density at radius 2 is 2.05 bits per heavy atom. The maximum Gasteiger partial charge on any atom is 0.269 e. The van der Waals surface area contributed by atoms with Gasteiger partial charge in [0.05, 0.1) is 4.92 Å². The normalized spacial score (nSPS) is 10.4. The first-order chi connectivity index (χ1) is 9.06. The highest BCUT2D eigenvalue weighted by molar-refractivity contribution is 9.10. The second kappa shape index (κ2) is 6.08. The molecule has 2 aromatic rings. The Labute approximate surface area is 123 Å². The Kier molecular flexibility index (Phi) is 4.44. The number of hydrogen-bond donors (Lipinski definition) is 1. The molecule has 0 amide bonds. The molecule has 0 radical (unpaired) electrons. The molecule has 98 valence electrons. The molecule has 0 saturated heterocycles. The summed E-state index contributed by atoms with van der Waals surface area (Å²) in [6.45, 7) is 0. The molecular weight excluding hydrogens is 328 g/mol. The van der Waals surface area contributed by atoms with Crippen molar-refractivity contribution in [3.05, 3.63) is 62.6 Å². The molecule has 0 aliphatic carbocycles. The Hall–Kier alpha value is -1.53. The van der Waals surface area contributed by atoms with Gasteiger partial charge in [0.15, 0.2) is 0 Å². The highest BCUT2D eigenvalue weighted by atomic mass is 79.9. The van der Waals surface area contributed by atoms with E-state index < -0.39 is 0 Å². The Bertz CT molecular complexity index is 619. The van der Waals surface area contributed by atoms with Gasteiger partial charge in [-0.25, -0.2) is 0 Å². The standard InChI is InChI=1S/C13H11BrN2O2S/c14-10-4-5-13(12(15)7-10)19-8-9-2-1-3-11(6-9)16(17)18/h1-7H,8,15H2. The van der Waals surface area contributed by atoms with Gasteiger partial charge in [0, 0.05) is 32.9 Å². The van der Waals surface area contributed by atoms with E-state index >= 15 is 0 Å². The van der Waals surface area contributed by atoms with Gasteiger partial charge in [-0.15, -0.1) is 11.8 Å². The summed E-state index contributed by atoms with van der Waals surface area (Å²) in [5.41, 5.74) is 7.62. The third-order valence-corrected chi connectivity index (χ3v) is 4.14. The number of thioether (sulfide) groups is 1. The Morgan fingerprint density at radius 3 is 2.74 bits per heavy atom. The average Bonchev–Trinajstić information content (AvgIpc) is 2.38. The van der Waals surface area contributed by atoms with Crippen molar-refractivity contribution in [3.63, 3.8) is 0 Å². The first kappa shape index (κ1) is 13.9. The lowest BCUT2D eigenvalue weighted by atomic mass is 10.2. The molecule has 2 aromatic carbocycles. The smallest absolute Gasteiger partial charge is 0.269 e. The van der Waals surface area contributed by atoms with Crippen molar-refractivity contribution < 1.29 is 4.92 Å². The topological polar surface area (TPSA) is 69.2 Å². The number of nitrogens with zero attached hydrogens (tertiary/aromatic N) is 1. The van der Waals surface area contributed by atoms with E-state index in [1.165, 1.54) is 6.07 Å². The highest BCUT2D eigenvalue weighted by Crippen LogP contribution is 2.30. The zero-order chi connectivity index (χ0) is 13.8. The predicted molar refractivity (Wildman–Crippen MR) is 81.2 cm³/mol. The molecule has 0 saturated carbocycles. The number of benzene rings is 2. The van der Waals surface area contributed by atoms with Crippen LogP contribution in [0.3, 0.4) is 0 Å². The lowest BCUT2D eigenvalue weighted by molar-refractivity contribution is -0.384. The second-order valence-electron chi connectivity index (χ2n) is 3.90.